The Morgan fingerprint density at radius 1 is 0.622 bits per heavy atom. The van der Waals surface area contributed by atoms with Crippen LogP contribution in [0.4, 0.5) is 26.3 Å². The highest BCUT2D eigenvalue weighted by Crippen LogP contribution is 2.22. The average Bonchev–Trinajstić information content (AvgIpc) is 2.85. The second-order valence-electron chi connectivity index (χ2n) is 8.14. The molecule has 37 heavy (non-hydrogen) atoms. The third kappa shape index (κ3) is 5.97. The number of fused-ring (bicyclic) bond motifs is 1. The van der Waals surface area contributed by atoms with Gasteiger partial charge < -0.3 is 4.74 Å². The van der Waals surface area contributed by atoms with Crippen LogP contribution in [0.15, 0.2) is 54.6 Å². The van der Waals surface area contributed by atoms with Gasteiger partial charge in [-0.2, -0.15) is 0 Å². The maximum atomic E-state index is 14.6. The summed E-state index contributed by atoms with van der Waals surface area (Å²) in [6.45, 7) is 0.450. The maximum absolute atomic E-state index is 14.6. The van der Waals surface area contributed by atoms with Gasteiger partial charge in [0.2, 0.25) is 0 Å². The van der Waals surface area contributed by atoms with Crippen LogP contribution < -0.4 is 0 Å². The Kier molecular flexibility index (Phi) is 7.86. The summed E-state index contributed by atoms with van der Waals surface area (Å²) in [5.41, 5.74) is -0.396. The first-order chi connectivity index (χ1) is 17.8. The molecule has 0 amide bonds. The van der Waals surface area contributed by atoms with Crippen molar-refractivity contribution in [2.75, 3.05) is 13.7 Å². The maximum Gasteiger partial charge on any atom is 0.166 e. The zero-order valence-corrected chi connectivity index (χ0v) is 19.5. The predicted octanol–water partition coefficient (Wildman–Crippen LogP) is 7.05. The highest BCUT2D eigenvalue weighted by atomic mass is 19.2. The topological polar surface area (TPSA) is 9.23 Å². The molecule has 0 fully saturated rings. The van der Waals surface area contributed by atoms with Gasteiger partial charge in [-0.05, 0) is 66.3 Å². The highest BCUT2D eigenvalue weighted by Gasteiger charge is 2.12. The molecule has 7 heteroatoms. The van der Waals surface area contributed by atoms with Crippen molar-refractivity contribution in [3.63, 3.8) is 0 Å². The standard InChI is InChI=1S/C30H18F6O/c1-37-12-2-3-19-14-26(32)24(27(33)15-19)10-6-20-16-28(34)23(29(35)17-20)9-5-18-4-8-22-21(13-18)7-11-25(31)30(22)36/h4,7-8,11,13-17H,2-3,12H2,1H3. The van der Waals surface area contributed by atoms with Crippen LogP contribution >= 0.6 is 0 Å². The molecule has 4 aromatic rings. The number of hydrogen-bond acceptors (Lipinski definition) is 1. The Labute approximate surface area is 209 Å². The van der Waals surface area contributed by atoms with E-state index in [0.29, 0.717) is 36.0 Å². The van der Waals surface area contributed by atoms with Crippen LogP contribution in [0.2, 0.25) is 0 Å². The minimum absolute atomic E-state index is 0.0550. The van der Waals surface area contributed by atoms with Crippen molar-refractivity contribution in [1.82, 2.24) is 0 Å². The molecular formula is C30H18F6O. The van der Waals surface area contributed by atoms with E-state index in [2.05, 4.69) is 23.7 Å². The zero-order valence-electron chi connectivity index (χ0n) is 19.5. The van der Waals surface area contributed by atoms with Crippen molar-refractivity contribution in [1.29, 1.82) is 0 Å². The number of methoxy groups -OCH3 is 1. The van der Waals surface area contributed by atoms with Gasteiger partial charge in [0.1, 0.15) is 23.3 Å². The third-order valence-corrected chi connectivity index (χ3v) is 5.53. The van der Waals surface area contributed by atoms with Crippen molar-refractivity contribution in [3.05, 3.63) is 117 Å². The largest absolute Gasteiger partial charge is 0.385 e. The second-order valence-corrected chi connectivity index (χ2v) is 8.14. The van der Waals surface area contributed by atoms with E-state index in [1.165, 1.54) is 43.5 Å². The van der Waals surface area contributed by atoms with Crippen molar-refractivity contribution in [2.45, 2.75) is 12.8 Å². The van der Waals surface area contributed by atoms with Crippen LogP contribution in [0.25, 0.3) is 10.8 Å². The van der Waals surface area contributed by atoms with Gasteiger partial charge in [-0.1, -0.05) is 35.8 Å². The minimum atomic E-state index is -1.01. The molecule has 0 saturated heterocycles. The van der Waals surface area contributed by atoms with Crippen molar-refractivity contribution >= 4 is 10.8 Å². The van der Waals surface area contributed by atoms with Crippen LogP contribution in [0, 0.1) is 58.6 Å². The van der Waals surface area contributed by atoms with Crippen LogP contribution in [0.5, 0.6) is 0 Å². The molecule has 0 unspecified atom stereocenters. The molecule has 1 nitrogen and oxygen atoms in total. The molecular weight excluding hydrogens is 490 g/mol. The number of aryl methyl sites for hydroxylation is 1. The van der Waals surface area contributed by atoms with Gasteiger partial charge in [0.05, 0.1) is 11.1 Å². The van der Waals surface area contributed by atoms with Crippen molar-refractivity contribution in [2.24, 2.45) is 0 Å². The van der Waals surface area contributed by atoms with Gasteiger partial charge in [0, 0.05) is 30.2 Å². The Bertz CT molecular complexity index is 1570. The van der Waals surface area contributed by atoms with E-state index in [0.717, 1.165) is 18.2 Å². The predicted molar refractivity (Wildman–Crippen MR) is 129 cm³/mol. The quantitative estimate of drug-likeness (QED) is 0.163. The Morgan fingerprint density at radius 3 is 1.84 bits per heavy atom. The summed E-state index contributed by atoms with van der Waals surface area (Å²) < 4.78 is 90.0. The number of rotatable bonds is 4. The molecule has 0 heterocycles. The SMILES string of the molecule is COCCCc1cc(F)c(C#Cc2cc(F)c(C#Cc3ccc4c(F)c(F)ccc4c3)c(F)c2)c(F)c1. The molecule has 0 radical (unpaired) electrons. The monoisotopic (exact) mass is 508 g/mol. The molecule has 0 spiro atoms. The van der Waals surface area contributed by atoms with Crippen molar-refractivity contribution in [3.8, 4) is 23.7 Å². The number of halogens is 6. The van der Waals surface area contributed by atoms with E-state index in [1.807, 2.05) is 0 Å². The lowest BCUT2D eigenvalue weighted by molar-refractivity contribution is 0.195. The van der Waals surface area contributed by atoms with Crippen LogP contribution in [-0.4, -0.2) is 13.7 Å². The Hall–Kier alpha value is -4.20. The molecule has 186 valence electrons. The summed E-state index contributed by atoms with van der Waals surface area (Å²) in [5.74, 6) is 3.91. The van der Waals surface area contributed by atoms with Crippen molar-refractivity contribution < 1.29 is 31.1 Å². The van der Waals surface area contributed by atoms with Crippen LogP contribution in [-0.2, 0) is 11.2 Å². The van der Waals surface area contributed by atoms with E-state index in [-0.39, 0.29) is 10.9 Å². The molecule has 0 aliphatic rings. The molecule has 0 aromatic heterocycles. The zero-order chi connectivity index (χ0) is 26.5. The molecule has 4 aromatic carbocycles. The van der Waals surface area contributed by atoms with E-state index in [9.17, 15) is 26.3 Å². The Morgan fingerprint density at radius 2 is 1.22 bits per heavy atom. The fourth-order valence-corrected chi connectivity index (χ4v) is 3.69. The fourth-order valence-electron chi connectivity index (χ4n) is 3.69. The molecule has 0 saturated carbocycles. The number of ether oxygens (including phenoxy) is 1. The average molecular weight is 508 g/mol. The summed E-state index contributed by atoms with van der Waals surface area (Å²) in [4.78, 5) is 0. The summed E-state index contributed by atoms with van der Waals surface area (Å²) >= 11 is 0. The summed E-state index contributed by atoms with van der Waals surface area (Å²) in [6, 6.07) is 10.7. The van der Waals surface area contributed by atoms with Gasteiger partial charge in [-0.15, -0.1) is 0 Å². The molecule has 0 aliphatic heterocycles. The number of hydrogen-bond donors (Lipinski definition) is 0. The second kappa shape index (κ2) is 11.2. The lowest BCUT2D eigenvalue weighted by Crippen LogP contribution is -1.98. The molecule has 0 bridgehead atoms. The fraction of sp³-hybridized carbons (Fsp3) is 0.133. The van der Waals surface area contributed by atoms with Gasteiger partial charge in [-0.3, -0.25) is 0 Å². The third-order valence-electron chi connectivity index (χ3n) is 5.53. The van der Waals surface area contributed by atoms with Gasteiger partial charge in [-0.25, -0.2) is 26.3 Å². The molecule has 0 aliphatic carbocycles. The lowest BCUT2D eigenvalue weighted by atomic mass is 10.0. The first kappa shape index (κ1) is 25.9. The van der Waals surface area contributed by atoms with Crippen LogP contribution in [0.1, 0.15) is 34.2 Å². The van der Waals surface area contributed by atoms with Crippen LogP contribution in [0.3, 0.4) is 0 Å². The smallest absolute Gasteiger partial charge is 0.166 e. The summed E-state index contributed by atoms with van der Waals surface area (Å²) in [5, 5.41) is 0.430. The number of benzene rings is 4. The summed E-state index contributed by atoms with van der Waals surface area (Å²) in [6.07, 6.45) is 1.01. The summed E-state index contributed by atoms with van der Waals surface area (Å²) in [7, 11) is 1.53. The lowest BCUT2D eigenvalue weighted by Gasteiger charge is -2.04. The van der Waals surface area contributed by atoms with E-state index in [4.69, 9.17) is 4.74 Å². The van der Waals surface area contributed by atoms with Gasteiger partial charge in [0.25, 0.3) is 0 Å². The Balaban J connectivity index is 1.58. The molecule has 0 N–H and O–H groups in total. The highest BCUT2D eigenvalue weighted by molar-refractivity contribution is 5.84. The first-order valence-electron chi connectivity index (χ1n) is 11.1. The van der Waals surface area contributed by atoms with E-state index >= 15 is 0 Å². The van der Waals surface area contributed by atoms with E-state index < -0.39 is 46.0 Å². The molecule has 0 atom stereocenters. The van der Waals surface area contributed by atoms with Gasteiger partial charge >= 0.3 is 0 Å². The van der Waals surface area contributed by atoms with Gasteiger partial charge in [0.15, 0.2) is 11.6 Å². The first-order valence-corrected chi connectivity index (χ1v) is 11.1. The molecule has 4 rings (SSSR count). The normalized spacial score (nSPS) is 10.6. The van der Waals surface area contributed by atoms with E-state index in [1.54, 1.807) is 0 Å². The minimum Gasteiger partial charge on any atom is -0.385 e.